The molecule has 0 radical (unpaired) electrons. The van der Waals surface area contributed by atoms with Gasteiger partial charge in [0.2, 0.25) is 11.5 Å². The molecule has 4 nitrogen and oxygen atoms in total. The molecule has 1 aromatic rings. The summed E-state index contributed by atoms with van der Waals surface area (Å²) in [6.07, 6.45) is 5.51. The smallest absolute Gasteiger partial charge is 0.215 e. The number of hydrogen-bond acceptors (Lipinski definition) is 8. The molecule has 0 saturated carbocycles. The van der Waals surface area contributed by atoms with Crippen molar-refractivity contribution in [3.8, 4) is 23.0 Å². The normalized spacial score (nSPS) is 11.8. The Hall–Kier alpha value is -1.22. The maximum Gasteiger partial charge on any atom is 0.215 e. The molecule has 0 amide bonds. The van der Waals surface area contributed by atoms with Crippen LogP contribution in [0.4, 0.5) is 0 Å². The fraction of sp³-hybridized carbons (Fsp3) is 0. The summed E-state index contributed by atoms with van der Waals surface area (Å²) in [6.45, 7) is 0. The van der Waals surface area contributed by atoms with Gasteiger partial charge in [-0.05, 0) is 12.1 Å². The fourth-order valence-electron chi connectivity index (χ4n) is 1.34. The molecule has 0 aliphatic carbocycles. The zero-order valence-corrected chi connectivity index (χ0v) is 14.8. The molecule has 0 aromatic heterocycles. The summed E-state index contributed by atoms with van der Waals surface area (Å²) in [5.41, 5.74) is 0. The molecule has 0 spiro atoms. The summed E-state index contributed by atoms with van der Waals surface area (Å²) in [6, 6.07) is 3.32. The van der Waals surface area contributed by atoms with Crippen LogP contribution in [0.5, 0.6) is 23.0 Å². The monoisotopic (exact) mass is 374 g/mol. The molecular formula is C14H14O4S4. The molecule has 0 aliphatic rings. The second kappa shape index (κ2) is 11.4. The van der Waals surface area contributed by atoms with Gasteiger partial charge in [0.25, 0.3) is 0 Å². The van der Waals surface area contributed by atoms with E-state index in [0.29, 0.717) is 23.0 Å². The largest absolute Gasteiger partial charge is 0.460 e. The first kappa shape index (κ1) is 18.8. The SMILES string of the molecule is SC=COc1ccc(OC=CS)c(OC=CS)c1OC=CS. The third-order valence-electron chi connectivity index (χ3n) is 2.05. The van der Waals surface area contributed by atoms with E-state index in [4.69, 9.17) is 18.9 Å². The topological polar surface area (TPSA) is 36.9 Å². The predicted molar refractivity (Wildman–Crippen MR) is 101 cm³/mol. The number of thiol groups is 4. The summed E-state index contributed by atoms with van der Waals surface area (Å²) >= 11 is 15.8. The van der Waals surface area contributed by atoms with E-state index < -0.39 is 0 Å². The molecule has 1 aromatic carbocycles. The summed E-state index contributed by atoms with van der Waals surface area (Å²) in [5, 5.41) is 5.75. The van der Waals surface area contributed by atoms with Gasteiger partial charge in [-0.3, -0.25) is 0 Å². The molecule has 1 rings (SSSR count). The van der Waals surface area contributed by atoms with Crippen LogP contribution in [0.15, 0.2) is 58.8 Å². The van der Waals surface area contributed by atoms with E-state index in [1.807, 2.05) is 0 Å². The average Bonchev–Trinajstić information content (AvgIpc) is 2.55. The van der Waals surface area contributed by atoms with E-state index in [2.05, 4.69) is 50.5 Å². The first-order chi connectivity index (χ1) is 10.8. The average molecular weight is 375 g/mol. The Morgan fingerprint density at radius 1 is 0.545 bits per heavy atom. The van der Waals surface area contributed by atoms with E-state index in [-0.39, 0.29) is 0 Å². The van der Waals surface area contributed by atoms with Crippen molar-refractivity contribution in [2.75, 3.05) is 0 Å². The van der Waals surface area contributed by atoms with Crippen LogP contribution in [0.2, 0.25) is 0 Å². The van der Waals surface area contributed by atoms with E-state index in [1.165, 1.54) is 46.7 Å². The highest BCUT2D eigenvalue weighted by atomic mass is 32.1. The van der Waals surface area contributed by atoms with E-state index in [1.54, 1.807) is 12.1 Å². The molecule has 0 heterocycles. The van der Waals surface area contributed by atoms with Crippen LogP contribution in [0.3, 0.4) is 0 Å². The maximum atomic E-state index is 5.48. The molecule has 8 heteroatoms. The van der Waals surface area contributed by atoms with Crippen molar-refractivity contribution in [1.82, 2.24) is 0 Å². The molecule has 118 valence electrons. The van der Waals surface area contributed by atoms with Crippen LogP contribution in [0.25, 0.3) is 0 Å². The van der Waals surface area contributed by atoms with Gasteiger partial charge in [-0.2, -0.15) is 0 Å². The molecular weight excluding hydrogens is 360 g/mol. The molecule has 0 atom stereocenters. The third kappa shape index (κ3) is 5.88. The maximum absolute atomic E-state index is 5.48. The zero-order valence-electron chi connectivity index (χ0n) is 11.2. The van der Waals surface area contributed by atoms with Gasteiger partial charge in [-0.15, -0.1) is 50.5 Å². The van der Waals surface area contributed by atoms with Crippen LogP contribution in [0, 0.1) is 0 Å². The van der Waals surface area contributed by atoms with Crippen molar-refractivity contribution in [2.45, 2.75) is 0 Å². The molecule has 0 unspecified atom stereocenters. The minimum atomic E-state index is 0.299. The Bertz CT molecular complexity index is 531. The predicted octanol–water partition coefficient (Wildman–Crippen LogP) is 4.81. The third-order valence-corrected chi connectivity index (χ3v) is 2.53. The Morgan fingerprint density at radius 3 is 1.18 bits per heavy atom. The van der Waals surface area contributed by atoms with Gasteiger partial charge in [0.05, 0.1) is 25.0 Å². The van der Waals surface area contributed by atoms with Gasteiger partial charge in [-0.1, -0.05) is 0 Å². The minimum Gasteiger partial charge on any atom is -0.460 e. The standard InChI is InChI=1S/C14H14O4S4/c19-7-3-15-11-1-2-12(16-4-8-20)14(18-6-10-22)13(11)17-5-9-21/h1-10,19-22H. The van der Waals surface area contributed by atoms with E-state index in [9.17, 15) is 0 Å². The molecule has 22 heavy (non-hydrogen) atoms. The summed E-state index contributed by atoms with van der Waals surface area (Å²) in [5.74, 6) is 1.41. The highest BCUT2D eigenvalue weighted by Crippen LogP contribution is 2.45. The van der Waals surface area contributed by atoms with Crippen LogP contribution < -0.4 is 18.9 Å². The van der Waals surface area contributed by atoms with Crippen molar-refractivity contribution in [3.63, 3.8) is 0 Å². The van der Waals surface area contributed by atoms with Crippen molar-refractivity contribution in [2.24, 2.45) is 0 Å². The Balaban J connectivity index is 3.34. The van der Waals surface area contributed by atoms with Crippen molar-refractivity contribution in [1.29, 1.82) is 0 Å². The molecule has 0 aliphatic heterocycles. The molecule has 0 bridgehead atoms. The lowest BCUT2D eigenvalue weighted by Gasteiger charge is -2.15. The van der Waals surface area contributed by atoms with Gasteiger partial charge >= 0.3 is 0 Å². The number of hydrogen-bond donors (Lipinski definition) is 4. The lowest BCUT2D eigenvalue weighted by Crippen LogP contribution is -1.96. The highest BCUT2D eigenvalue weighted by Gasteiger charge is 2.18. The first-order valence-electron chi connectivity index (χ1n) is 5.79. The molecule has 0 N–H and O–H groups in total. The van der Waals surface area contributed by atoms with Crippen molar-refractivity contribution < 1.29 is 18.9 Å². The number of rotatable bonds is 8. The van der Waals surface area contributed by atoms with Crippen LogP contribution in [-0.4, -0.2) is 0 Å². The molecule has 0 saturated heterocycles. The fourth-order valence-corrected chi connectivity index (χ4v) is 1.58. The Morgan fingerprint density at radius 2 is 0.864 bits per heavy atom. The zero-order chi connectivity index (χ0) is 16.2. The number of benzene rings is 1. The van der Waals surface area contributed by atoms with Gasteiger partial charge < -0.3 is 18.9 Å². The van der Waals surface area contributed by atoms with E-state index in [0.717, 1.165) is 0 Å². The second-order valence-corrected chi connectivity index (χ2v) is 4.52. The summed E-state index contributed by atoms with van der Waals surface area (Å²) in [4.78, 5) is 0. The van der Waals surface area contributed by atoms with Crippen LogP contribution >= 0.6 is 50.5 Å². The first-order valence-corrected chi connectivity index (χ1v) is 7.85. The summed E-state index contributed by atoms with van der Waals surface area (Å²) < 4.78 is 21.8. The Labute approximate surface area is 151 Å². The van der Waals surface area contributed by atoms with Crippen LogP contribution in [-0.2, 0) is 0 Å². The van der Waals surface area contributed by atoms with Gasteiger partial charge in [0, 0.05) is 21.6 Å². The Kier molecular flexibility index (Phi) is 9.72. The van der Waals surface area contributed by atoms with Crippen molar-refractivity contribution in [3.05, 3.63) is 58.8 Å². The van der Waals surface area contributed by atoms with Gasteiger partial charge in [-0.25, -0.2) is 0 Å². The minimum absolute atomic E-state index is 0.299. The second-order valence-electron chi connectivity index (χ2n) is 3.33. The highest BCUT2D eigenvalue weighted by molar-refractivity contribution is 7.83. The summed E-state index contributed by atoms with van der Waals surface area (Å²) in [7, 11) is 0. The lowest BCUT2D eigenvalue weighted by atomic mass is 10.2. The lowest BCUT2D eigenvalue weighted by molar-refractivity contribution is 0.365. The number of ether oxygens (including phenoxy) is 4. The van der Waals surface area contributed by atoms with Gasteiger partial charge in [0.15, 0.2) is 11.5 Å². The molecule has 0 fully saturated rings. The quantitative estimate of drug-likeness (QED) is 0.389. The van der Waals surface area contributed by atoms with Crippen molar-refractivity contribution >= 4 is 50.5 Å². The van der Waals surface area contributed by atoms with Crippen LogP contribution in [0.1, 0.15) is 0 Å². The van der Waals surface area contributed by atoms with E-state index >= 15 is 0 Å². The van der Waals surface area contributed by atoms with Gasteiger partial charge in [0.1, 0.15) is 0 Å².